The number of nitrogens with zero attached hydrogens (tertiary/aromatic N) is 1. The zero-order chi connectivity index (χ0) is 29.2. The second-order valence-corrected chi connectivity index (χ2v) is 12.0. The largest absolute Gasteiger partial charge is 0.493 e. The molecule has 3 aromatic carbocycles. The second-order valence-electron chi connectivity index (χ2n) is 12.0. The summed E-state index contributed by atoms with van der Waals surface area (Å²) in [5.74, 6) is -0.386. The molecule has 7 heteroatoms. The summed E-state index contributed by atoms with van der Waals surface area (Å²) in [6, 6.07) is 18.2. The molecule has 3 aliphatic rings. The first-order valence-electron chi connectivity index (χ1n) is 15.2. The number of hydrogen-bond acceptors (Lipinski definition) is 5. The summed E-state index contributed by atoms with van der Waals surface area (Å²) in [5.41, 5.74) is 8.10. The van der Waals surface area contributed by atoms with Crippen LogP contribution in [-0.4, -0.2) is 46.2 Å². The van der Waals surface area contributed by atoms with Gasteiger partial charge >= 0.3 is 11.9 Å². The van der Waals surface area contributed by atoms with Crippen molar-refractivity contribution in [1.82, 2.24) is 4.90 Å². The third-order valence-corrected chi connectivity index (χ3v) is 9.31. The summed E-state index contributed by atoms with van der Waals surface area (Å²) < 4.78 is 12.9. The lowest BCUT2D eigenvalue weighted by Gasteiger charge is -2.34. The molecule has 3 aromatic rings. The fourth-order valence-electron chi connectivity index (χ4n) is 6.74. The molecule has 1 saturated heterocycles. The van der Waals surface area contributed by atoms with Crippen LogP contribution in [0.3, 0.4) is 0 Å². The molecule has 1 heterocycles. The van der Waals surface area contributed by atoms with Gasteiger partial charge in [0.15, 0.2) is 0 Å². The minimum Gasteiger partial charge on any atom is -0.493 e. The number of benzene rings is 3. The summed E-state index contributed by atoms with van der Waals surface area (Å²) >= 11 is 0. The molecule has 2 N–H and O–H groups in total. The van der Waals surface area contributed by atoms with E-state index < -0.39 is 18.0 Å². The van der Waals surface area contributed by atoms with Crippen molar-refractivity contribution in [3.63, 3.8) is 0 Å². The first-order chi connectivity index (χ1) is 20.4. The predicted octanol–water partition coefficient (Wildman–Crippen LogP) is 6.27. The van der Waals surface area contributed by atoms with E-state index in [1.54, 1.807) is 0 Å². The topological polar surface area (TPSA) is 96.3 Å². The number of piperidine rings is 1. The second kappa shape index (κ2) is 12.2. The van der Waals surface area contributed by atoms with Crippen molar-refractivity contribution in [2.45, 2.75) is 71.1 Å². The molecule has 42 heavy (non-hydrogen) atoms. The average molecular weight is 570 g/mol. The van der Waals surface area contributed by atoms with E-state index in [0.717, 1.165) is 55.5 Å². The summed E-state index contributed by atoms with van der Waals surface area (Å²) in [5, 5.41) is 19.3. The van der Waals surface area contributed by atoms with E-state index in [1.165, 1.54) is 27.8 Å². The minimum atomic E-state index is -0.774. The number of ether oxygens (including phenoxy) is 2. The lowest BCUT2D eigenvalue weighted by atomic mass is 9.96. The van der Waals surface area contributed by atoms with Gasteiger partial charge in [-0.25, -0.2) is 0 Å². The lowest BCUT2D eigenvalue weighted by Crippen LogP contribution is -2.44. The van der Waals surface area contributed by atoms with Crippen molar-refractivity contribution in [3.8, 4) is 22.6 Å². The number of fused-ring (bicyclic) bond motifs is 1. The van der Waals surface area contributed by atoms with Crippen molar-refractivity contribution in [1.29, 1.82) is 0 Å². The molecule has 0 aromatic heterocycles. The average Bonchev–Trinajstić information content (AvgIpc) is 3.62. The van der Waals surface area contributed by atoms with Gasteiger partial charge in [-0.15, -0.1) is 0 Å². The van der Waals surface area contributed by atoms with Gasteiger partial charge in [0.2, 0.25) is 0 Å². The van der Waals surface area contributed by atoms with Gasteiger partial charge in [0.05, 0.1) is 12.5 Å². The van der Waals surface area contributed by atoms with Crippen LogP contribution in [0.1, 0.15) is 59.9 Å². The summed E-state index contributed by atoms with van der Waals surface area (Å²) in [7, 11) is 0. The zero-order valence-corrected chi connectivity index (χ0v) is 24.2. The summed E-state index contributed by atoms with van der Waals surface area (Å²) in [6.07, 6.45) is 6.00. The minimum absolute atomic E-state index is 0.00176. The van der Waals surface area contributed by atoms with Crippen LogP contribution in [0.15, 0.2) is 54.6 Å². The van der Waals surface area contributed by atoms with Crippen molar-refractivity contribution >= 4 is 11.9 Å². The Kier molecular flexibility index (Phi) is 8.20. The highest BCUT2D eigenvalue weighted by atomic mass is 16.5. The van der Waals surface area contributed by atoms with Gasteiger partial charge in [0.25, 0.3) is 0 Å². The SMILES string of the molecule is Cc1c(COc2cc(OC[C@H]3C[C@H]3C(=O)O)c(CN3CCCC[C@H]3C(=O)O)c3c2CCC3)cccc1-c1ccccc1. The molecule has 0 unspecified atom stereocenters. The van der Waals surface area contributed by atoms with Crippen molar-refractivity contribution in [2.24, 2.45) is 11.8 Å². The molecule has 0 radical (unpaired) electrons. The van der Waals surface area contributed by atoms with E-state index in [9.17, 15) is 19.8 Å². The van der Waals surface area contributed by atoms with Crippen LogP contribution in [0.25, 0.3) is 11.1 Å². The van der Waals surface area contributed by atoms with E-state index in [4.69, 9.17) is 9.47 Å². The zero-order valence-electron chi connectivity index (χ0n) is 24.2. The van der Waals surface area contributed by atoms with Crippen LogP contribution in [-0.2, 0) is 35.6 Å². The smallest absolute Gasteiger partial charge is 0.320 e. The fourth-order valence-corrected chi connectivity index (χ4v) is 6.74. The van der Waals surface area contributed by atoms with E-state index in [1.807, 2.05) is 24.3 Å². The Morgan fingerprint density at radius 3 is 2.48 bits per heavy atom. The number of likely N-dealkylation sites (tertiary alicyclic amines) is 1. The number of aliphatic carboxylic acids is 2. The van der Waals surface area contributed by atoms with Crippen LogP contribution in [0.5, 0.6) is 11.5 Å². The summed E-state index contributed by atoms with van der Waals surface area (Å²) in [6.45, 7) is 4.15. The highest BCUT2D eigenvalue weighted by Gasteiger charge is 2.44. The first-order valence-corrected chi connectivity index (χ1v) is 15.2. The summed E-state index contributed by atoms with van der Waals surface area (Å²) in [4.78, 5) is 25.6. The maximum atomic E-state index is 12.1. The third kappa shape index (κ3) is 5.88. The number of carboxylic acid groups (broad SMARTS) is 2. The number of rotatable bonds is 11. The first kappa shape index (κ1) is 28.3. The maximum Gasteiger partial charge on any atom is 0.320 e. The van der Waals surface area contributed by atoms with Gasteiger partial charge < -0.3 is 19.7 Å². The van der Waals surface area contributed by atoms with Crippen molar-refractivity contribution in [3.05, 3.63) is 82.4 Å². The third-order valence-electron chi connectivity index (χ3n) is 9.31. The molecular weight excluding hydrogens is 530 g/mol. The normalized spacial score (nSPS) is 21.5. The molecule has 0 spiro atoms. The molecular formula is C35H39NO6. The molecule has 0 bridgehead atoms. The Balaban J connectivity index is 1.29. The lowest BCUT2D eigenvalue weighted by molar-refractivity contribution is -0.145. The molecule has 1 saturated carbocycles. The Hall–Kier alpha value is -3.84. The Morgan fingerprint density at radius 2 is 1.71 bits per heavy atom. The van der Waals surface area contributed by atoms with E-state index in [0.29, 0.717) is 38.3 Å². The number of carboxylic acids is 2. The van der Waals surface area contributed by atoms with Crippen molar-refractivity contribution in [2.75, 3.05) is 13.2 Å². The molecule has 3 atom stereocenters. The van der Waals surface area contributed by atoms with Gasteiger partial charge in [0.1, 0.15) is 24.1 Å². The highest BCUT2D eigenvalue weighted by Crippen LogP contribution is 2.43. The Labute approximate surface area is 247 Å². The van der Waals surface area contributed by atoms with E-state index in [-0.39, 0.29) is 11.8 Å². The Bertz CT molecular complexity index is 1470. The predicted molar refractivity (Wildman–Crippen MR) is 160 cm³/mol. The maximum absolute atomic E-state index is 12.1. The van der Waals surface area contributed by atoms with Crippen LogP contribution in [0.4, 0.5) is 0 Å². The standard InChI is InChI=1S/C35H39NO6/c1-22-24(11-7-12-26(22)23-9-3-2-4-10-23)20-41-32-18-33(42-21-25-17-29(25)34(37)38)30(27-13-8-14-28(27)32)19-36-16-6-5-15-31(36)35(39)40/h2-4,7,9-12,18,25,29,31H,5-6,8,13-17,19-21H2,1H3,(H,37,38)(H,39,40)/t25-,29-,31+/m1/s1. The quantitative estimate of drug-likeness (QED) is 0.281. The highest BCUT2D eigenvalue weighted by molar-refractivity contribution is 5.74. The molecule has 2 aliphatic carbocycles. The molecule has 0 amide bonds. The molecule has 220 valence electrons. The van der Waals surface area contributed by atoms with E-state index >= 15 is 0 Å². The molecule has 7 nitrogen and oxygen atoms in total. The number of hydrogen-bond donors (Lipinski definition) is 2. The monoisotopic (exact) mass is 569 g/mol. The Morgan fingerprint density at radius 1 is 0.905 bits per heavy atom. The van der Waals surface area contributed by atoms with Crippen molar-refractivity contribution < 1.29 is 29.3 Å². The van der Waals surface area contributed by atoms with Crippen LogP contribution in [0.2, 0.25) is 0 Å². The van der Waals surface area contributed by atoms with Crippen LogP contribution >= 0.6 is 0 Å². The van der Waals surface area contributed by atoms with Crippen LogP contribution < -0.4 is 9.47 Å². The van der Waals surface area contributed by atoms with E-state index in [2.05, 4.69) is 42.2 Å². The molecule has 1 aliphatic heterocycles. The molecule has 2 fully saturated rings. The van der Waals surface area contributed by atoms with Gasteiger partial charge in [-0.3, -0.25) is 14.5 Å². The molecule has 6 rings (SSSR count). The fraction of sp³-hybridized carbons (Fsp3) is 0.429. The van der Waals surface area contributed by atoms with Gasteiger partial charge in [0, 0.05) is 24.1 Å². The van der Waals surface area contributed by atoms with Gasteiger partial charge in [-0.1, -0.05) is 55.0 Å². The van der Waals surface area contributed by atoms with Gasteiger partial charge in [-0.05, 0) is 85.4 Å². The number of carbonyl (C=O) groups is 2. The van der Waals surface area contributed by atoms with Gasteiger partial charge in [-0.2, -0.15) is 0 Å². The van der Waals surface area contributed by atoms with Crippen LogP contribution in [0, 0.1) is 18.8 Å².